The predicted molar refractivity (Wildman–Crippen MR) is 42.3 cm³/mol. The van der Waals surface area contributed by atoms with Crippen LogP contribution in [0, 0.1) is 0 Å². The van der Waals surface area contributed by atoms with Gasteiger partial charge in [-0.05, 0) is 0 Å². The summed E-state index contributed by atoms with van der Waals surface area (Å²) in [7, 11) is 0. The number of aliphatic hydroxyl groups is 2. The van der Waals surface area contributed by atoms with E-state index < -0.39 is 17.4 Å². The van der Waals surface area contributed by atoms with Crippen molar-refractivity contribution in [2.45, 2.75) is 5.79 Å². The molecule has 68 valence electrons. The van der Waals surface area contributed by atoms with E-state index in [1.165, 1.54) is 12.1 Å². The zero-order valence-corrected chi connectivity index (χ0v) is 10.2. The summed E-state index contributed by atoms with van der Waals surface area (Å²) in [5.41, 5.74) is 0.134. The Morgan fingerprint density at radius 1 is 0.929 bits per heavy atom. The fourth-order valence-electron chi connectivity index (χ4n) is 1.36. The maximum Gasteiger partial charge on any atom is 0.295 e. The van der Waals surface area contributed by atoms with Gasteiger partial charge in [0.05, 0.1) is 0 Å². The first-order valence-electron chi connectivity index (χ1n) is 3.68. The third kappa shape index (κ3) is 1.25. The molecule has 1 aromatic carbocycles. The van der Waals surface area contributed by atoms with E-state index in [-0.39, 0.29) is 30.6 Å². The van der Waals surface area contributed by atoms with E-state index in [1.807, 2.05) is 0 Å². The Bertz CT molecular complexity index is 374. The zero-order valence-electron chi connectivity index (χ0n) is 7.23. The molecule has 14 heavy (non-hydrogen) atoms. The van der Waals surface area contributed by atoms with Gasteiger partial charge in [0.1, 0.15) is 0 Å². The Morgan fingerprint density at radius 3 is 1.64 bits per heavy atom. The summed E-state index contributed by atoms with van der Waals surface area (Å²) in [5.74, 6) is -4.76. The molecule has 0 aliphatic heterocycles. The number of hydrogen-bond donors (Lipinski definition) is 2. The molecule has 0 radical (unpaired) electrons. The molecule has 0 spiro atoms. The van der Waals surface area contributed by atoms with Gasteiger partial charge in [0.15, 0.2) is 0 Å². The van der Waals surface area contributed by atoms with Crippen molar-refractivity contribution in [1.82, 2.24) is 0 Å². The number of carbonyl (C=O) groups is 2. The van der Waals surface area contributed by atoms with Gasteiger partial charge in [0.2, 0.25) is 11.6 Å². The fourth-order valence-corrected chi connectivity index (χ4v) is 1.36. The molecule has 1 aliphatic carbocycles. The second-order valence-corrected chi connectivity index (χ2v) is 2.88. The minimum Gasteiger partial charge on any atom is -0.353 e. The molecule has 0 unspecified atom stereocenters. The van der Waals surface area contributed by atoms with Crippen LogP contribution in [0.25, 0.3) is 0 Å². The zero-order chi connectivity index (χ0) is 9.64. The van der Waals surface area contributed by atoms with Crippen molar-refractivity contribution < 1.29 is 39.3 Å². The average Bonchev–Trinajstić information content (AvgIpc) is 2.30. The SMILES string of the molecule is O=C1c2ccccc2C(=O)C1(O)O.[Zn]. The molecule has 0 heterocycles. The first kappa shape index (κ1) is 11.2. The van der Waals surface area contributed by atoms with Gasteiger partial charge in [0.25, 0.3) is 5.79 Å². The van der Waals surface area contributed by atoms with Crippen molar-refractivity contribution in [2.75, 3.05) is 0 Å². The number of hydrogen-bond acceptors (Lipinski definition) is 4. The normalized spacial score (nSPS) is 17.6. The van der Waals surface area contributed by atoms with E-state index in [0.29, 0.717) is 0 Å². The van der Waals surface area contributed by atoms with Crippen LogP contribution in [0.5, 0.6) is 0 Å². The molecule has 0 saturated carbocycles. The number of benzene rings is 1. The summed E-state index contributed by atoms with van der Waals surface area (Å²) in [4.78, 5) is 22.4. The van der Waals surface area contributed by atoms with Crippen molar-refractivity contribution >= 4 is 11.6 Å². The third-order valence-corrected chi connectivity index (χ3v) is 2.05. The molecule has 0 fully saturated rings. The van der Waals surface area contributed by atoms with Gasteiger partial charge in [-0.3, -0.25) is 9.59 Å². The van der Waals surface area contributed by atoms with Gasteiger partial charge in [-0.2, -0.15) is 0 Å². The van der Waals surface area contributed by atoms with Crippen molar-refractivity contribution in [1.29, 1.82) is 0 Å². The molecule has 4 nitrogen and oxygen atoms in total. The number of fused-ring (bicyclic) bond motifs is 1. The number of carbonyl (C=O) groups excluding carboxylic acids is 2. The van der Waals surface area contributed by atoms with Gasteiger partial charge in [-0.1, -0.05) is 24.3 Å². The summed E-state index contributed by atoms with van der Waals surface area (Å²) >= 11 is 0. The standard InChI is InChI=1S/C9H6O4.Zn/c10-7-5-3-1-2-4-6(5)8(11)9(7,12)13;/h1-4,12-13H;. The van der Waals surface area contributed by atoms with Crippen molar-refractivity contribution in [3.8, 4) is 0 Å². The largest absolute Gasteiger partial charge is 0.353 e. The van der Waals surface area contributed by atoms with Gasteiger partial charge in [0, 0.05) is 30.6 Å². The second kappa shape index (κ2) is 3.35. The van der Waals surface area contributed by atoms with E-state index in [9.17, 15) is 9.59 Å². The Kier molecular flexibility index (Phi) is 2.68. The van der Waals surface area contributed by atoms with E-state index in [0.717, 1.165) is 0 Å². The van der Waals surface area contributed by atoms with Gasteiger partial charge < -0.3 is 10.2 Å². The van der Waals surface area contributed by atoms with E-state index in [4.69, 9.17) is 10.2 Å². The van der Waals surface area contributed by atoms with Crippen LogP contribution in [0.3, 0.4) is 0 Å². The van der Waals surface area contributed by atoms with E-state index >= 15 is 0 Å². The van der Waals surface area contributed by atoms with Crippen LogP contribution in [0.15, 0.2) is 24.3 Å². The Balaban J connectivity index is 0.000000980. The molecule has 2 N–H and O–H groups in total. The molecular weight excluding hydrogens is 237 g/mol. The quantitative estimate of drug-likeness (QED) is 0.374. The number of ketones is 2. The molecule has 0 aromatic heterocycles. The second-order valence-electron chi connectivity index (χ2n) is 2.88. The van der Waals surface area contributed by atoms with Crippen LogP contribution in [0.2, 0.25) is 0 Å². The number of rotatable bonds is 0. The molecule has 2 rings (SSSR count). The van der Waals surface area contributed by atoms with Gasteiger partial charge in [-0.15, -0.1) is 0 Å². The van der Waals surface area contributed by atoms with Crippen molar-refractivity contribution in [2.24, 2.45) is 0 Å². The minimum absolute atomic E-state index is 0. The first-order valence-corrected chi connectivity index (χ1v) is 3.68. The fraction of sp³-hybridized carbons (Fsp3) is 0.111. The summed E-state index contributed by atoms with van der Waals surface area (Å²) in [5, 5.41) is 18.2. The summed E-state index contributed by atoms with van der Waals surface area (Å²) in [6.45, 7) is 0. The summed E-state index contributed by atoms with van der Waals surface area (Å²) < 4.78 is 0. The maximum atomic E-state index is 11.2. The first-order chi connectivity index (χ1) is 6.05. The van der Waals surface area contributed by atoms with Crippen molar-refractivity contribution in [3.63, 3.8) is 0 Å². The smallest absolute Gasteiger partial charge is 0.295 e. The summed E-state index contributed by atoms with van der Waals surface area (Å²) in [6, 6.07) is 5.91. The Hall–Kier alpha value is -0.897. The minimum atomic E-state index is -2.86. The van der Waals surface area contributed by atoms with Crippen molar-refractivity contribution in [3.05, 3.63) is 35.4 Å². The van der Waals surface area contributed by atoms with E-state index in [1.54, 1.807) is 12.1 Å². The number of Topliss-reactive ketones (excluding diaryl/α,β-unsaturated/α-hetero) is 2. The van der Waals surface area contributed by atoms with Crippen LogP contribution in [0.4, 0.5) is 0 Å². The topological polar surface area (TPSA) is 74.6 Å². The molecule has 5 heteroatoms. The average molecular weight is 244 g/mol. The van der Waals surface area contributed by atoms with Crippen LogP contribution in [0.1, 0.15) is 20.7 Å². The van der Waals surface area contributed by atoms with Gasteiger partial charge in [-0.25, -0.2) is 0 Å². The van der Waals surface area contributed by atoms with Gasteiger partial charge >= 0.3 is 0 Å². The van der Waals surface area contributed by atoms with Crippen LogP contribution in [-0.4, -0.2) is 27.6 Å². The molecule has 0 amide bonds. The monoisotopic (exact) mass is 242 g/mol. The predicted octanol–water partition coefficient (Wildman–Crippen LogP) is -0.256. The third-order valence-electron chi connectivity index (χ3n) is 2.05. The Morgan fingerprint density at radius 2 is 1.29 bits per heavy atom. The molecule has 1 aliphatic rings. The van der Waals surface area contributed by atoms with Crippen LogP contribution in [-0.2, 0) is 19.5 Å². The molecule has 0 atom stereocenters. The molecule has 1 aromatic rings. The van der Waals surface area contributed by atoms with Crippen LogP contribution < -0.4 is 0 Å². The molecular formula is C9H6O4Zn. The maximum absolute atomic E-state index is 11.2. The van der Waals surface area contributed by atoms with Crippen LogP contribution >= 0.6 is 0 Å². The molecule has 0 saturated heterocycles. The Labute approximate surface area is 92.3 Å². The summed E-state index contributed by atoms with van der Waals surface area (Å²) in [6.07, 6.45) is 0. The van der Waals surface area contributed by atoms with E-state index in [2.05, 4.69) is 0 Å². The molecule has 0 bridgehead atoms.